The van der Waals surface area contributed by atoms with Crippen LogP contribution in [-0.4, -0.2) is 5.91 Å². The Bertz CT molecular complexity index is 705. The van der Waals surface area contributed by atoms with Crippen LogP contribution in [0, 0.1) is 0 Å². The number of carbonyl (C=O) groups is 1. The summed E-state index contributed by atoms with van der Waals surface area (Å²) in [5.41, 5.74) is 10.5. The van der Waals surface area contributed by atoms with Crippen LogP contribution in [0.2, 0.25) is 0 Å². The van der Waals surface area contributed by atoms with Crippen molar-refractivity contribution in [2.75, 3.05) is 16.4 Å². The molecule has 0 unspecified atom stereocenters. The molecule has 0 aromatic heterocycles. The van der Waals surface area contributed by atoms with Crippen LogP contribution in [-0.2, 0) is 4.79 Å². The first-order valence-electron chi connectivity index (χ1n) is 6.39. The normalized spacial score (nSPS) is 15.6. The molecule has 4 N–H and O–H groups in total. The molecule has 2 aromatic rings. The van der Waals surface area contributed by atoms with Crippen LogP contribution in [0.5, 0.6) is 0 Å². The van der Waals surface area contributed by atoms with E-state index in [9.17, 15) is 4.79 Å². The molecule has 1 amide bonds. The highest BCUT2D eigenvalue weighted by atomic mass is 16.2. The summed E-state index contributed by atoms with van der Waals surface area (Å²) in [6, 6.07) is 15.2. The van der Waals surface area contributed by atoms with Gasteiger partial charge in [0.2, 0.25) is 0 Å². The highest BCUT2D eigenvalue weighted by molar-refractivity contribution is 6.32. The maximum Gasteiger partial charge on any atom is 0.258 e. The number of carbonyl (C=O) groups excluding carboxylic acids is 1. The third kappa shape index (κ3) is 2.12. The van der Waals surface area contributed by atoms with Gasteiger partial charge in [-0.25, -0.2) is 0 Å². The first-order chi connectivity index (χ1) is 9.65. The zero-order valence-corrected chi connectivity index (χ0v) is 11.1. The first-order valence-corrected chi connectivity index (χ1v) is 6.39. The van der Waals surface area contributed by atoms with Crippen LogP contribution in [0.25, 0.3) is 5.57 Å². The quantitative estimate of drug-likeness (QED) is 0.577. The van der Waals surface area contributed by atoms with Crippen molar-refractivity contribution in [1.29, 1.82) is 0 Å². The van der Waals surface area contributed by atoms with Gasteiger partial charge in [0.25, 0.3) is 5.91 Å². The van der Waals surface area contributed by atoms with Crippen LogP contribution >= 0.6 is 0 Å². The molecule has 0 radical (unpaired) electrons. The number of hydrogen-bond donors (Lipinski definition) is 3. The number of rotatable bonds is 2. The predicted molar refractivity (Wildman–Crippen MR) is 82.1 cm³/mol. The van der Waals surface area contributed by atoms with Gasteiger partial charge in [0, 0.05) is 28.3 Å². The molecule has 1 aliphatic heterocycles. The number of anilines is 3. The fraction of sp³-hybridized carbons (Fsp3) is 0.0625. The van der Waals surface area contributed by atoms with E-state index in [1.807, 2.05) is 49.4 Å². The van der Waals surface area contributed by atoms with E-state index in [0.29, 0.717) is 11.3 Å². The molecule has 1 aliphatic rings. The van der Waals surface area contributed by atoms with Crippen LogP contribution in [0.15, 0.2) is 54.2 Å². The second kappa shape index (κ2) is 4.74. The van der Waals surface area contributed by atoms with Crippen LogP contribution in [0.3, 0.4) is 0 Å². The zero-order valence-electron chi connectivity index (χ0n) is 11.1. The molecule has 0 bridgehead atoms. The molecule has 0 saturated carbocycles. The van der Waals surface area contributed by atoms with Gasteiger partial charge in [0.1, 0.15) is 0 Å². The molecule has 0 atom stereocenters. The van der Waals surface area contributed by atoms with Crippen molar-refractivity contribution in [2.24, 2.45) is 0 Å². The number of nitrogens with one attached hydrogen (secondary N) is 2. The molecule has 20 heavy (non-hydrogen) atoms. The Balaban J connectivity index is 2.03. The van der Waals surface area contributed by atoms with Crippen molar-refractivity contribution < 1.29 is 4.79 Å². The van der Waals surface area contributed by atoms with Gasteiger partial charge in [-0.15, -0.1) is 0 Å². The lowest BCUT2D eigenvalue weighted by Gasteiger charge is -2.09. The van der Waals surface area contributed by atoms with Gasteiger partial charge in [-0.2, -0.15) is 0 Å². The molecule has 0 saturated heterocycles. The minimum absolute atomic E-state index is 0.105. The van der Waals surface area contributed by atoms with Gasteiger partial charge < -0.3 is 16.4 Å². The van der Waals surface area contributed by atoms with E-state index in [1.165, 1.54) is 0 Å². The second-order valence-corrected chi connectivity index (χ2v) is 4.75. The van der Waals surface area contributed by atoms with Crippen molar-refractivity contribution in [3.8, 4) is 0 Å². The summed E-state index contributed by atoms with van der Waals surface area (Å²) in [6.45, 7) is 1.89. The monoisotopic (exact) mass is 265 g/mol. The number of amides is 1. The predicted octanol–water partition coefficient (Wildman–Crippen LogP) is 3.06. The molecule has 100 valence electrons. The average molecular weight is 265 g/mol. The molecule has 0 fully saturated rings. The maximum atomic E-state index is 12.1. The van der Waals surface area contributed by atoms with Crippen molar-refractivity contribution in [3.63, 3.8) is 0 Å². The third-order valence-corrected chi connectivity index (χ3v) is 3.27. The third-order valence-electron chi connectivity index (χ3n) is 3.27. The van der Waals surface area contributed by atoms with Crippen LogP contribution < -0.4 is 16.4 Å². The minimum Gasteiger partial charge on any atom is -0.399 e. The Morgan fingerprint density at radius 1 is 1.15 bits per heavy atom. The summed E-state index contributed by atoms with van der Waals surface area (Å²) >= 11 is 0. The van der Waals surface area contributed by atoms with Crippen molar-refractivity contribution in [3.05, 3.63) is 59.8 Å². The van der Waals surface area contributed by atoms with Gasteiger partial charge in [0.15, 0.2) is 0 Å². The van der Waals surface area contributed by atoms with E-state index in [2.05, 4.69) is 10.6 Å². The van der Waals surface area contributed by atoms with Crippen LogP contribution in [0.4, 0.5) is 17.1 Å². The lowest BCUT2D eigenvalue weighted by Crippen LogP contribution is -2.08. The standard InChI is InChI=1S/C16H15N3O/c1-10(18-12-5-3-2-4-6-12)15-13-9-11(17)7-8-14(13)19-16(15)20/h2-9,18H,17H2,1H3,(H,19,20)/b15-10-. The van der Waals surface area contributed by atoms with E-state index < -0.39 is 0 Å². The highest BCUT2D eigenvalue weighted by Crippen LogP contribution is 2.35. The molecule has 0 aliphatic carbocycles. The summed E-state index contributed by atoms with van der Waals surface area (Å²) in [6.07, 6.45) is 0. The molecule has 0 spiro atoms. The summed E-state index contributed by atoms with van der Waals surface area (Å²) in [5, 5.41) is 6.10. The molecule has 3 rings (SSSR count). The van der Waals surface area contributed by atoms with E-state index in [1.54, 1.807) is 6.07 Å². The maximum absolute atomic E-state index is 12.1. The first kappa shape index (κ1) is 12.3. The number of fused-ring (bicyclic) bond motifs is 1. The molecule has 4 heteroatoms. The van der Waals surface area contributed by atoms with Gasteiger partial charge in [-0.05, 0) is 37.3 Å². The SMILES string of the molecule is C/C(Nc1ccccc1)=C1/C(=O)Nc2ccc(N)cc21. The number of para-hydroxylation sites is 1. The van der Waals surface area contributed by atoms with E-state index in [4.69, 9.17) is 5.73 Å². The smallest absolute Gasteiger partial charge is 0.258 e. The van der Waals surface area contributed by atoms with E-state index in [0.717, 1.165) is 22.6 Å². The van der Waals surface area contributed by atoms with Gasteiger partial charge >= 0.3 is 0 Å². The summed E-state index contributed by atoms with van der Waals surface area (Å²) in [4.78, 5) is 12.1. The highest BCUT2D eigenvalue weighted by Gasteiger charge is 2.26. The summed E-state index contributed by atoms with van der Waals surface area (Å²) in [7, 11) is 0. The van der Waals surface area contributed by atoms with Crippen molar-refractivity contribution in [2.45, 2.75) is 6.92 Å². The Hall–Kier alpha value is -2.75. The number of benzene rings is 2. The summed E-state index contributed by atoms with van der Waals surface area (Å²) < 4.78 is 0. The lowest BCUT2D eigenvalue weighted by atomic mass is 10.0. The summed E-state index contributed by atoms with van der Waals surface area (Å²) in [5.74, 6) is -0.105. The Kier molecular flexibility index (Phi) is 2.91. The zero-order chi connectivity index (χ0) is 14.1. The largest absolute Gasteiger partial charge is 0.399 e. The fourth-order valence-corrected chi connectivity index (χ4v) is 2.36. The topological polar surface area (TPSA) is 67.2 Å². The Morgan fingerprint density at radius 2 is 1.90 bits per heavy atom. The molecular formula is C16H15N3O. The molecule has 1 heterocycles. The fourth-order valence-electron chi connectivity index (χ4n) is 2.36. The van der Waals surface area contributed by atoms with Crippen molar-refractivity contribution >= 4 is 28.5 Å². The van der Waals surface area contributed by atoms with Crippen molar-refractivity contribution in [1.82, 2.24) is 0 Å². The van der Waals surface area contributed by atoms with E-state index in [-0.39, 0.29) is 5.91 Å². The molecule has 4 nitrogen and oxygen atoms in total. The lowest BCUT2D eigenvalue weighted by molar-refractivity contribution is -0.110. The van der Waals surface area contributed by atoms with Gasteiger partial charge in [-0.1, -0.05) is 18.2 Å². The number of allylic oxidation sites excluding steroid dienone is 1. The van der Waals surface area contributed by atoms with Gasteiger partial charge in [0.05, 0.1) is 5.57 Å². The number of nitrogens with two attached hydrogens (primary N) is 1. The second-order valence-electron chi connectivity index (χ2n) is 4.75. The van der Waals surface area contributed by atoms with Gasteiger partial charge in [-0.3, -0.25) is 4.79 Å². The Morgan fingerprint density at radius 3 is 2.65 bits per heavy atom. The average Bonchev–Trinajstić information content (AvgIpc) is 2.75. The van der Waals surface area contributed by atoms with Crippen LogP contribution in [0.1, 0.15) is 12.5 Å². The van der Waals surface area contributed by atoms with E-state index >= 15 is 0 Å². The Labute approximate surface area is 117 Å². The number of nitrogen functional groups attached to an aromatic ring is 1. The number of hydrogen-bond acceptors (Lipinski definition) is 3. The molecular weight excluding hydrogens is 250 g/mol. The minimum atomic E-state index is -0.105. The molecule has 2 aromatic carbocycles.